The number of pyridine rings is 1. The monoisotopic (exact) mass is 208 g/mol. The Bertz CT molecular complexity index is 348. The number of aromatic nitrogens is 1. The van der Waals surface area contributed by atoms with Crippen LogP contribution < -0.4 is 4.31 Å². The third kappa shape index (κ3) is 1.75. The first-order chi connectivity index (χ1) is 6.81. The largest absolute Gasteiger partial charge is 0.301 e. The zero-order valence-corrected chi connectivity index (χ0v) is 8.88. The minimum atomic E-state index is 0.738. The Labute approximate surface area is 87.6 Å². The minimum Gasteiger partial charge on any atom is -0.301 e. The van der Waals surface area contributed by atoms with Crippen molar-refractivity contribution in [3.05, 3.63) is 23.4 Å². The number of anilines is 1. The summed E-state index contributed by atoms with van der Waals surface area (Å²) in [5, 5.41) is 0. The van der Waals surface area contributed by atoms with E-state index in [1.54, 1.807) is 18.1 Å². The lowest BCUT2D eigenvalue weighted by atomic mass is 10.2. The maximum Gasteiger partial charge on any atom is 0.150 e. The standard InChI is InChI=1S/C10H12N2OS/c1-8-6-11-10(5-9(8)7-13)12-3-2-4-14-12/h5-7H,2-4H2,1H3. The van der Waals surface area contributed by atoms with Gasteiger partial charge in [0.05, 0.1) is 0 Å². The Kier molecular flexibility index (Phi) is 2.72. The Morgan fingerprint density at radius 2 is 2.50 bits per heavy atom. The van der Waals surface area contributed by atoms with Gasteiger partial charge in [-0.25, -0.2) is 4.98 Å². The maximum absolute atomic E-state index is 10.7. The summed E-state index contributed by atoms with van der Waals surface area (Å²) in [6.07, 6.45) is 3.84. The highest BCUT2D eigenvalue weighted by molar-refractivity contribution is 8.00. The van der Waals surface area contributed by atoms with E-state index in [1.807, 2.05) is 13.0 Å². The van der Waals surface area contributed by atoms with E-state index in [4.69, 9.17) is 0 Å². The van der Waals surface area contributed by atoms with Gasteiger partial charge in [-0.15, -0.1) is 0 Å². The van der Waals surface area contributed by atoms with Crippen molar-refractivity contribution >= 4 is 24.1 Å². The predicted molar refractivity (Wildman–Crippen MR) is 58.8 cm³/mol. The van der Waals surface area contributed by atoms with Crippen LogP contribution in [0.5, 0.6) is 0 Å². The molecule has 0 saturated carbocycles. The summed E-state index contributed by atoms with van der Waals surface area (Å²) < 4.78 is 2.15. The molecule has 0 bridgehead atoms. The zero-order chi connectivity index (χ0) is 9.97. The molecule has 3 nitrogen and oxygen atoms in total. The number of hydrogen-bond acceptors (Lipinski definition) is 4. The molecule has 0 aromatic carbocycles. The van der Waals surface area contributed by atoms with Crippen LogP contribution in [-0.4, -0.2) is 23.6 Å². The molecular formula is C10H12N2OS. The molecule has 0 spiro atoms. The molecule has 0 amide bonds. The van der Waals surface area contributed by atoms with Gasteiger partial charge >= 0.3 is 0 Å². The van der Waals surface area contributed by atoms with Gasteiger partial charge in [-0.3, -0.25) is 4.79 Å². The zero-order valence-electron chi connectivity index (χ0n) is 8.06. The second-order valence-electron chi connectivity index (χ2n) is 3.31. The van der Waals surface area contributed by atoms with Crippen LogP contribution in [0.3, 0.4) is 0 Å². The normalized spacial score (nSPS) is 15.9. The lowest BCUT2D eigenvalue weighted by Crippen LogP contribution is -2.11. The van der Waals surface area contributed by atoms with Gasteiger partial charge in [0.2, 0.25) is 0 Å². The Hall–Kier alpha value is -1.03. The van der Waals surface area contributed by atoms with E-state index >= 15 is 0 Å². The average Bonchev–Trinajstić information content (AvgIpc) is 2.71. The highest BCUT2D eigenvalue weighted by atomic mass is 32.2. The highest BCUT2D eigenvalue weighted by Gasteiger charge is 2.15. The van der Waals surface area contributed by atoms with Crippen LogP contribution >= 0.6 is 11.9 Å². The SMILES string of the molecule is Cc1cnc(N2CCCS2)cc1C=O. The molecule has 1 aromatic rings. The molecule has 1 aliphatic rings. The summed E-state index contributed by atoms with van der Waals surface area (Å²) in [7, 11) is 0. The summed E-state index contributed by atoms with van der Waals surface area (Å²) in [5.74, 6) is 2.05. The number of carbonyl (C=O) groups is 1. The topological polar surface area (TPSA) is 33.2 Å². The third-order valence-corrected chi connectivity index (χ3v) is 3.42. The number of aldehydes is 1. The first kappa shape index (κ1) is 9.52. The van der Waals surface area contributed by atoms with Crippen LogP contribution in [0.1, 0.15) is 22.3 Å². The maximum atomic E-state index is 10.7. The van der Waals surface area contributed by atoms with E-state index < -0.39 is 0 Å². The van der Waals surface area contributed by atoms with Gasteiger partial charge in [0.15, 0.2) is 6.29 Å². The van der Waals surface area contributed by atoms with Crippen molar-refractivity contribution in [3.63, 3.8) is 0 Å². The average molecular weight is 208 g/mol. The van der Waals surface area contributed by atoms with Crippen molar-refractivity contribution in [2.75, 3.05) is 16.6 Å². The van der Waals surface area contributed by atoms with E-state index in [1.165, 1.54) is 6.42 Å². The first-order valence-corrected chi connectivity index (χ1v) is 5.58. The van der Waals surface area contributed by atoms with Crippen molar-refractivity contribution in [3.8, 4) is 0 Å². The third-order valence-electron chi connectivity index (χ3n) is 2.27. The lowest BCUT2D eigenvalue weighted by molar-refractivity contribution is 0.112. The van der Waals surface area contributed by atoms with Crippen LogP contribution in [0.15, 0.2) is 12.3 Å². The van der Waals surface area contributed by atoms with E-state index in [9.17, 15) is 4.79 Å². The van der Waals surface area contributed by atoms with E-state index in [2.05, 4.69) is 9.29 Å². The summed E-state index contributed by atoms with van der Waals surface area (Å²) in [6, 6.07) is 1.86. The molecule has 0 unspecified atom stereocenters. The molecule has 1 aromatic heterocycles. The molecule has 14 heavy (non-hydrogen) atoms. The van der Waals surface area contributed by atoms with Gasteiger partial charge in [0.1, 0.15) is 5.82 Å². The second kappa shape index (κ2) is 4.00. The van der Waals surface area contributed by atoms with Crippen LogP contribution in [0, 0.1) is 6.92 Å². The van der Waals surface area contributed by atoms with Crippen LogP contribution in [-0.2, 0) is 0 Å². The van der Waals surface area contributed by atoms with E-state index in [0.717, 1.165) is 35.5 Å². The Morgan fingerprint density at radius 1 is 1.64 bits per heavy atom. The molecule has 0 aliphatic carbocycles. The molecule has 2 rings (SSSR count). The van der Waals surface area contributed by atoms with E-state index in [-0.39, 0.29) is 0 Å². The van der Waals surface area contributed by atoms with Gasteiger partial charge in [-0.05, 0) is 36.9 Å². The van der Waals surface area contributed by atoms with Crippen molar-refractivity contribution in [1.82, 2.24) is 4.98 Å². The summed E-state index contributed by atoms with van der Waals surface area (Å²) in [6.45, 7) is 2.93. The molecule has 1 saturated heterocycles. The minimum absolute atomic E-state index is 0.738. The predicted octanol–water partition coefficient (Wildman–Crippen LogP) is 2.06. The van der Waals surface area contributed by atoms with Crippen molar-refractivity contribution in [2.45, 2.75) is 13.3 Å². The number of carbonyl (C=O) groups excluding carboxylic acids is 1. The van der Waals surface area contributed by atoms with Gasteiger partial charge in [0, 0.05) is 24.1 Å². The molecule has 4 heteroatoms. The Balaban J connectivity index is 2.30. The molecule has 0 radical (unpaired) electrons. The smallest absolute Gasteiger partial charge is 0.150 e. The fourth-order valence-corrected chi connectivity index (χ4v) is 2.39. The second-order valence-corrected chi connectivity index (χ2v) is 4.41. The number of hydrogen-bond donors (Lipinski definition) is 0. The molecule has 1 aliphatic heterocycles. The quantitative estimate of drug-likeness (QED) is 0.550. The van der Waals surface area contributed by atoms with Gasteiger partial charge in [-0.2, -0.15) is 0 Å². The van der Waals surface area contributed by atoms with Gasteiger partial charge in [-0.1, -0.05) is 0 Å². The molecule has 74 valence electrons. The van der Waals surface area contributed by atoms with Gasteiger partial charge in [0.25, 0.3) is 0 Å². The van der Waals surface area contributed by atoms with Crippen molar-refractivity contribution < 1.29 is 4.79 Å². The molecule has 1 fully saturated rings. The first-order valence-electron chi connectivity index (χ1n) is 4.63. The fraction of sp³-hybridized carbons (Fsp3) is 0.400. The molecule has 2 heterocycles. The van der Waals surface area contributed by atoms with Crippen LogP contribution in [0.2, 0.25) is 0 Å². The van der Waals surface area contributed by atoms with Crippen LogP contribution in [0.25, 0.3) is 0 Å². The van der Waals surface area contributed by atoms with E-state index in [0.29, 0.717) is 0 Å². The number of nitrogens with zero attached hydrogens (tertiary/aromatic N) is 2. The summed E-state index contributed by atoms with van der Waals surface area (Å²) >= 11 is 1.78. The fourth-order valence-electron chi connectivity index (χ4n) is 1.42. The number of aryl methyl sites for hydroxylation is 1. The van der Waals surface area contributed by atoms with Crippen molar-refractivity contribution in [2.24, 2.45) is 0 Å². The summed E-state index contributed by atoms with van der Waals surface area (Å²) in [5.41, 5.74) is 1.68. The molecule has 0 atom stereocenters. The lowest BCUT2D eigenvalue weighted by Gasteiger charge is -2.15. The molecular weight excluding hydrogens is 196 g/mol. The summed E-state index contributed by atoms with van der Waals surface area (Å²) in [4.78, 5) is 15.1. The van der Waals surface area contributed by atoms with Crippen molar-refractivity contribution in [1.29, 1.82) is 0 Å². The Morgan fingerprint density at radius 3 is 3.14 bits per heavy atom. The highest BCUT2D eigenvalue weighted by Crippen LogP contribution is 2.27. The number of rotatable bonds is 2. The molecule has 0 N–H and O–H groups in total. The van der Waals surface area contributed by atoms with Gasteiger partial charge < -0.3 is 4.31 Å². The van der Waals surface area contributed by atoms with Crippen LogP contribution in [0.4, 0.5) is 5.82 Å².